The Balaban J connectivity index is 1.76. The highest BCUT2D eigenvalue weighted by molar-refractivity contribution is 5.93. The SMILES string of the molecule is COC(=O)c1nnc(Nc2cnc(C#N)cn2)cc1NCC1CNCCO1. The number of hydrogen-bond donors (Lipinski definition) is 3. The molecule has 3 heterocycles. The molecule has 11 nitrogen and oxygen atoms in total. The summed E-state index contributed by atoms with van der Waals surface area (Å²) in [7, 11) is 1.28. The number of methoxy groups -OCH3 is 1. The van der Waals surface area contributed by atoms with Gasteiger partial charge in [0.05, 0.1) is 37.9 Å². The van der Waals surface area contributed by atoms with Crippen molar-refractivity contribution in [3.8, 4) is 6.07 Å². The molecule has 1 unspecified atom stereocenters. The van der Waals surface area contributed by atoms with Crippen LogP contribution in [0.4, 0.5) is 17.3 Å². The number of carbonyl (C=O) groups is 1. The molecular formula is C16H18N8O3. The number of esters is 1. The Labute approximate surface area is 155 Å². The van der Waals surface area contributed by atoms with Gasteiger partial charge in [-0.05, 0) is 0 Å². The molecule has 0 spiro atoms. The molecule has 2 aromatic rings. The van der Waals surface area contributed by atoms with Gasteiger partial charge < -0.3 is 25.4 Å². The summed E-state index contributed by atoms with van der Waals surface area (Å²) in [5, 5.41) is 26.0. The minimum atomic E-state index is -0.600. The van der Waals surface area contributed by atoms with Crippen LogP contribution in [-0.4, -0.2) is 65.6 Å². The van der Waals surface area contributed by atoms with Gasteiger partial charge in [0, 0.05) is 25.7 Å². The van der Waals surface area contributed by atoms with E-state index in [1.165, 1.54) is 19.5 Å². The summed E-state index contributed by atoms with van der Waals surface area (Å²) >= 11 is 0. The maximum absolute atomic E-state index is 11.9. The maximum atomic E-state index is 11.9. The van der Waals surface area contributed by atoms with E-state index in [-0.39, 0.29) is 17.5 Å². The third-order valence-corrected chi connectivity index (χ3v) is 3.72. The number of morpholine rings is 1. The summed E-state index contributed by atoms with van der Waals surface area (Å²) in [6.45, 7) is 2.65. The molecule has 11 heteroatoms. The zero-order valence-electron chi connectivity index (χ0n) is 14.6. The Bertz CT molecular complexity index is 831. The van der Waals surface area contributed by atoms with Gasteiger partial charge in [0.1, 0.15) is 11.9 Å². The van der Waals surface area contributed by atoms with Crippen LogP contribution in [0.3, 0.4) is 0 Å². The molecule has 1 fully saturated rings. The number of aromatic nitrogens is 4. The summed E-state index contributed by atoms with van der Waals surface area (Å²) in [4.78, 5) is 19.9. The number of rotatable bonds is 6. The molecule has 0 bridgehead atoms. The Morgan fingerprint density at radius 3 is 2.96 bits per heavy atom. The summed E-state index contributed by atoms with van der Waals surface area (Å²) in [5.74, 6) is 0.143. The molecule has 1 atom stereocenters. The molecule has 3 rings (SSSR count). The van der Waals surface area contributed by atoms with E-state index >= 15 is 0 Å². The Kier molecular flexibility index (Phi) is 6.03. The molecule has 27 heavy (non-hydrogen) atoms. The molecule has 140 valence electrons. The topological polar surface area (TPSA) is 147 Å². The second-order valence-electron chi connectivity index (χ2n) is 5.58. The van der Waals surface area contributed by atoms with Gasteiger partial charge in [-0.1, -0.05) is 0 Å². The number of nitriles is 1. The van der Waals surface area contributed by atoms with Crippen molar-refractivity contribution < 1.29 is 14.3 Å². The lowest BCUT2D eigenvalue weighted by atomic mass is 10.2. The molecule has 3 N–H and O–H groups in total. The number of nitrogens with zero attached hydrogens (tertiary/aromatic N) is 5. The molecule has 0 amide bonds. The highest BCUT2D eigenvalue weighted by Crippen LogP contribution is 2.20. The van der Waals surface area contributed by atoms with Crippen LogP contribution in [0.25, 0.3) is 0 Å². The van der Waals surface area contributed by atoms with Crippen molar-refractivity contribution in [2.45, 2.75) is 6.10 Å². The maximum Gasteiger partial charge on any atom is 0.360 e. The van der Waals surface area contributed by atoms with Crippen LogP contribution in [-0.2, 0) is 9.47 Å². The second kappa shape index (κ2) is 8.84. The number of anilines is 3. The number of nitrogens with one attached hydrogen (secondary N) is 3. The lowest BCUT2D eigenvalue weighted by molar-refractivity contribution is 0.0371. The molecule has 0 saturated carbocycles. The van der Waals surface area contributed by atoms with Crippen molar-refractivity contribution in [1.29, 1.82) is 5.26 Å². The first-order chi connectivity index (χ1) is 13.2. The standard InChI is InChI=1S/C16H18N8O3/c1-26-16(25)15-12(20-8-11-7-18-2-3-27-11)4-13(23-24-15)22-14-9-19-10(5-17)6-21-14/h4,6,9,11,18H,2-3,7-8H2,1H3,(H2,20,21,22,23). The smallest absolute Gasteiger partial charge is 0.360 e. The largest absolute Gasteiger partial charge is 0.464 e. The van der Waals surface area contributed by atoms with Gasteiger partial charge in [0.25, 0.3) is 0 Å². The van der Waals surface area contributed by atoms with Crippen LogP contribution >= 0.6 is 0 Å². The zero-order chi connectivity index (χ0) is 19.1. The monoisotopic (exact) mass is 370 g/mol. The van der Waals surface area contributed by atoms with E-state index in [1.54, 1.807) is 6.07 Å². The fraction of sp³-hybridized carbons (Fsp3) is 0.375. The van der Waals surface area contributed by atoms with Gasteiger partial charge >= 0.3 is 5.97 Å². The van der Waals surface area contributed by atoms with Gasteiger partial charge in [-0.15, -0.1) is 10.2 Å². The molecule has 1 aliphatic heterocycles. The average Bonchev–Trinajstić information content (AvgIpc) is 2.73. The van der Waals surface area contributed by atoms with Gasteiger partial charge in [-0.25, -0.2) is 14.8 Å². The van der Waals surface area contributed by atoms with Crippen molar-refractivity contribution in [2.75, 3.05) is 44.0 Å². The van der Waals surface area contributed by atoms with Crippen molar-refractivity contribution >= 4 is 23.3 Å². The van der Waals surface area contributed by atoms with Crippen molar-refractivity contribution in [3.63, 3.8) is 0 Å². The quantitative estimate of drug-likeness (QED) is 0.593. The van der Waals surface area contributed by atoms with E-state index in [0.717, 1.165) is 6.54 Å². The lowest BCUT2D eigenvalue weighted by Gasteiger charge is -2.24. The molecular weight excluding hydrogens is 352 g/mol. The van der Waals surface area contributed by atoms with Crippen LogP contribution in [0, 0.1) is 11.3 Å². The van der Waals surface area contributed by atoms with Gasteiger partial charge in [0.2, 0.25) is 0 Å². The van der Waals surface area contributed by atoms with E-state index in [2.05, 4.69) is 36.1 Å². The molecule has 1 aliphatic rings. The second-order valence-corrected chi connectivity index (χ2v) is 5.58. The van der Waals surface area contributed by atoms with E-state index in [0.29, 0.717) is 37.0 Å². The van der Waals surface area contributed by atoms with Crippen LogP contribution in [0.5, 0.6) is 0 Å². The Hall–Kier alpha value is -3.36. The van der Waals surface area contributed by atoms with Crippen LogP contribution in [0.1, 0.15) is 16.2 Å². The number of ether oxygens (including phenoxy) is 2. The number of hydrogen-bond acceptors (Lipinski definition) is 11. The molecule has 2 aromatic heterocycles. The first-order valence-electron chi connectivity index (χ1n) is 8.21. The van der Waals surface area contributed by atoms with Crippen LogP contribution in [0.2, 0.25) is 0 Å². The van der Waals surface area contributed by atoms with E-state index in [9.17, 15) is 4.79 Å². The minimum absolute atomic E-state index is 0.0294. The fourth-order valence-electron chi connectivity index (χ4n) is 2.39. The fourth-order valence-corrected chi connectivity index (χ4v) is 2.39. The normalized spacial score (nSPS) is 16.2. The zero-order valence-corrected chi connectivity index (χ0v) is 14.6. The lowest BCUT2D eigenvalue weighted by Crippen LogP contribution is -2.42. The Morgan fingerprint density at radius 2 is 2.30 bits per heavy atom. The first-order valence-corrected chi connectivity index (χ1v) is 8.21. The van der Waals surface area contributed by atoms with Gasteiger partial charge in [-0.2, -0.15) is 5.26 Å². The van der Waals surface area contributed by atoms with Crippen LogP contribution in [0.15, 0.2) is 18.5 Å². The van der Waals surface area contributed by atoms with Crippen molar-refractivity contribution in [2.24, 2.45) is 0 Å². The third kappa shape index (κ3) is 4.84. The highest BCUT2D eigenvalue weighted by atomic mass is 16.5. The van der Waals surface area contributed by atoms with Crippen molar-refractivity contribution in [3.05, 3.63) is 29.8 Å². The van der Waals surface area contributed by atoms with Crippen molar-refractivity contribution in [1.82, 2.24) is 25.5 Å². The predicted octanol–water partition coefficient (Wildman–Crippen LogP) is 0.0688. The van der Waals surface area contributed by atoms with E-state index < -0.39 is 5.97 Å². The first kappa shape index (κ1) is 18.4. The molecule has 0 aromatic carbocycles. The summed E-state index contributed by atoms with van der Waals surface area (Å²) in [6, 6.07) is 3.51. The third-order valence-electron chi connectivity index (χ3n) is 3.72. The summed E-state index contributed by atoms with van der Waals surface area (Å²) in [6.07, 6.45) is 2.71. The predicted molar refractivity (Wildman–Crippen MR) is 94.5 cm³/mol. The molecule has 0 radical (unpaired) electrons. The van der Waals surface area contributed by atoms with Gasteiger partial charge in [-0.3, -0.25) is 0 Å². The molecule has 1 saturated heterocycles. The van der Waals surface area contributed by atoms with E-state index in [4.69, 9.17) is 14.7 Å². The Morgan fingerprint density at radius 1 is 1.41 bits per heavy atom. The van der Waals surface area contributed by atoms with Gasteiger partial charge in [0.15, 0.2) is 17.2 Å². The summed E-state index contributed by atoms with van der Waals surface area (Å²) < 4.78 is 10.4. The average molecular weight is 370 g/mol. The van der Waals surface area contributed by atoms with E-state index in [1.807, 2.05) is 6.07 Å². The highest BCUT2D eigenvalue weighted by Gasteiger charge is 2.19. The summed E-state index contributed by atoms with van der Waals surface area (Å²) in [5.41, 5.74) is 0.726. The van der Waals surface area contributed by atoms with Crippen LogP contribution < -0.4 is 16.0 Å². The molecule has 0 aliphatic carbocycles. The number of carbonyl (C=O) groups excluding carboxylic acids is 1. The minimum Gasteiger partial charge on any atom is -0.464 e.